The molecule has 0 aliphatic carbocycles. The maximum atomic E-state index is 13.5. The lowest BCUT2D eigenvalue weighted by molar-refractivity contribution is -0.112. The number of anilines is 1. The highest BCUT2D eigenvalue weighted by molar-refractivity contribution is 6.44. The van der Waals surface area contributed by atoms with Gasteiger partial charge in [-0.15, -0.1) is 0 Å². The lowest BCUT2D eigenvalue weighted by atomic mass is 9.76. The van der Waals surface area contributed by atoms with E-state index in [1.54, 1.807) is 25.1 Å². The van der Waals surface area contributed by atoms with Crippen molar-refractivity contribution in [2.24, 2.45) is 0 Å². The van der Waals surface area contributed by atoms with Gasteiger partial charge >= 0.3 is 6.09 Å². The van der Waals surface area contributed by atoms with Gasteiger partial charge in [-0.2, -0.15) is 0 Å². The highest BCUT2D eigenvalue weighted by Gasteiger charge is 2.44. The predicted molar refractivity (Wildman–Crippen MR) is 155 cm³/mol. The first-order valence-corrected chi connectivity index (χ1v) is 13.0. The highest BCUT2D eigenvalue weighted by Crippen LogP contribution is 2.52. The van der Waals surface area contributed by atoms with Crippen LogP contribution in [0.5, 0.6) is 11.5 Å². The number of imide groups is 1. The van der Waals surface area contributed by atoms with Crippen LogP contribution in [0.3, 0.4) is 0 Å². The number of hydrogen-bond donors (Lipinski definition) is 3. The van der Waals surface area contributed by atoms with Crippen molar-refractivity contribution >= 4 is 40.6 Å². The van der Waals surface area contributed by atoms with Gasteiger partial charge in [-0.1, -0.05) is 73.9 Å². The second-order valence-corrected chi connectivity index (χ2v) is 11.1. The van der Waals surface area contributed by atoms with Crippen LogP contribution in [0, 0.1) is 6.92 Å². The molecule has 3 aromatic carbocycles. The molecule has 1 aromatic heterocycles. The van der Waals surface area contributed by atoms with E-state index in [1.807, 2.05) is 45.0 Å². The van der Waals surface area contributed by atoms with Crippen molar-refractivity contribution in [3.8, 4) is 33.8 Å². The average Bonchev–Trinajstić information content (AvgIpc) is 3.47. The van der Waals surface area contributed by atoms with Gasteiger partial charge in [0.05, 0.1) is 29.1 Å². The number of aryl methyl sites for hydroxylation is 1. The molecule has 5 rings (SSSR count). The average molecular weight is 575 g/mol. The Bertz CT molecular complexity index is 1750. The zero-order valence-corrected chi connectivity index (χ0v) is 23.7. The molecule has 1 aliphatic heterocycles. The number of fused-ring (bicyclic) bond motifs is 1. The van der Waals surface area contributed by atoms with Crippen molar-refractivity contribution in [1.29, 1.82) is 0 Å². The number of aromatic hydroxyl groups is 1. The Kier molecular flexibility index (Phi) is 6.79. The Morgan fingerprint density at radius 2 is 1.68 bits per heavy atom. The van der Waals surface area contributed by atoms with Crippen molar-refractivity contribution in [2.45, 2.75) is 33.1 Å². The normalized spacial score (nSPS) is 14.3. The summed E-state index contributed by atoms with van der Waals surface area (Å²) in [7, 11) is 1.48. The molecule has 0 bridgehead atoms. The fourth-order valence-corrected chi connectivity index (χ4v) is 5.48. The van der Waals surface area contributed by atoms with Crippen LogP contribution in [-0.4, -0.2) is 39.6 Å². The molecular formula is C31H27ClN2O7. The number of carbonyl (C=O) groups is 2. The maximum Gasteiger partial charge on any atom is 0.419 e. The smallest absolute Gasteiger partial charge is 0.419 e. The number of nitrogens with zero attached hydrogens (tertiary/aromatic N) is 2. The third kappa shape index (κ3) is 4.58. The Labute approximate surface area is 240 Å². The number of phenolic OH excluding ortho intramolecular Hbond substituents is 1. The van der Waals surface area contributed by atoms with Gasteiger partial charge in [-0.25, -0.2) is 9.69 Å². The Morgan fingerprint density at radius 1 is 1.02 bits per heavy atom. The van der Waals surface area contributed by atoms with E-state index < -0.39 is 23.2 Å². The quantitative estimate of drug-likeness (QED) is 0.169. The van der Waals surface area contributed by atoms with Gasteiger partial charge in [0.25, 0.3) is 5.91 Å². The van der Waals surface area contributed by atoms with Crippen LogP contribution in [0.2, 0.25) is 5.02 Å². The zero-order valence-electron chi connectivity index (χ0n) is 22.9. The summed E-state index contributed by atoms with van der Waals surface area (Å²) < 4.78 is 10.4. The van der Waals surface area contributed by atoms with Crippen LogP contribution in [0.1, 0.15) is 43.4 Å². The molecule has 0 radical (unpaired) electrons. The topological polar surface area (TPSA) is 133 Å². The SMILES string of the molecule is COc1cccc(-c2ccc(-c3c(Cl)cc4c(c3C(C)(C)C)C(=C(O)c3cc(C)no3)C(=O)N4C(=O)O)cc2)c1O. The number of aliphatic hydroxyl groups is 1. The van der Waals surface area contributed by atoms with E-state index in [4.69, 9.17) is 20.9 Å². The van der Waals surface area contributed by atoms with E-state index in [0.717, 1.165) is 5.56 Å². The first-order chi connectivity index (χ1) is 19.3. The van der Waals surface area contributed by atoms with Crippen molar-refractivity contribution in [3.05, 3.63) is 82.2 Å². The number of ether oxygens (including phenoxy) is 1. The molecule has 10 heteroatoms. The molecule has 1 aliphatic rings. The van der Waals surface area contributed by atoms with Gasteiger partial charge in [-0.05, 0) is 41.2 Å². The summed E-state index contributed by atoms with van der Waals surface area (Å²) in [5, 5.41) is 35.8. The molecule has 4 aromatic rings. The molecule has 3 N–H and O–H groups in total. The van der Waals surface area contributed by atoms with Gasteiger partial charge in [0.15, 0.2) is 17.3 Å². The van der Waals surface area contributed by atoms with Crippen molar-refractivity contribution in [2.75, 3.05) is 12.0 Å². The third-order valence-electron chi connectivity index (χ3n) is 6.91. The molecule has 41 heavy (non-hydrogen) atoms. The lowest BCUT2D eigenvalue weighted by Gasteiger charge is -2.28. The second kappa shape index (κ2) is 10.0. The van der Waals surface area contributed by atoms with Crippen LogP contribution in [0.15, 0.2) is 59.1 Å². The number of aliphatic hydroxyl groups excluding tert-OH is 1. The Morgan fingerprint density at radius 3 is 2.24 bits per heavy atom. The second-order valence-electron chi connectivity index (χ2n) is 10.7. The summed E-state index contributed by atoms with van der Waals surface area (Å²) in [6, 6.07) is 15.4. The molecule has 9 nitrogen and oxygen atoms in total. The van der Waals surface area contributed by atoms with Crippen LogP contribution < -0.4 is 9.64 Å². The summed E-state index contributed by atoms with van der Waals surface area (Å²) >= 11 is 6.85. The van der Waals surface area contributed by atoms with E-state index in [1.165, 1.54) is 19.2 Å². The fraction of sp³-hybridized carbons (Fsp3) is 0.194. The first kappa shape index (κ1) is 27.8. The fourth-order valence-electron chi connectivity index (χ4n) is 5.17. The molecule has 0 spiro atoms. The third-order valence-corrected chi connectivity index (χ3v) is 7.21. The Hall–Kier alpha value is -4.76. The van der Waals surface area contributed by atoms with Crippen LogP contribution >= 0.6 is 11.6 Å². The van der Waals surface area contributed by atoms with E-state index in [2.05, 4.69) is 5.16 Å². The van der Waals surface area contributed by atoms with Gasteiger partial charge in [-0.3, -0.25) is 4.79 Å². The number of aromatic nitrogens is 1. The van der Waals surface area contributed by atoms with E-state index in [0.29, 0.717) is 38.6 Å². The largest absolute Gasteiger partial charge is 0.504 e. The van der Waals surface area contributed by atoms with E-state index in [9.17, 15) is 24.9 Å². The Balaban J connectivity index is 1.78. The summed E-state index contributed by atoms with van der Waals surface area (Å²) in [5.41, 5.74) is 2.98. The maximum absolute atomic E-state index is 13.5. The highest BCUT2D eigenvalue weighted by atomic mass is 35.5. The number of carbonyl (C=O) groups excluding carboxylic acids is 1. The molecule has 2 amide bonds. The van der Waals surface area contributed by atoms with E-state index in [-0.39, 0.29) is 33.4 Å². The number of methoxy groups -OCH3 is 1. The number of benzene rings is 3. The number of halogens is 1. The minimum absolute atomic E-state index is 0.00822. The van der Waals surface area contributed by atoms with Crippen molar-refractivity contribution < 1.29 is 34.2 Å². The first-order valence-electron chi connectivity index (χ1n) is 12.6. The standard InChI is InChI=1S/C31H27ClN2O7/c1-15-13-22(41-33-15)28(36)25-24-20(34(29(25)37)30(38)39)14-19(32)23(26(24)31(2,3)4)17-11-9-16(10-12-17)18-7-6-8-21(40-5)27(18)35/h6-14,35-36H,1-5H3,(H,38,39). The minimum atomic E-state index is -1.51. The number of amides is 2. The number of rotatable bonds is 4. The molecule has 0 unspecified atom stereocenters. The van der Waals surface area contributed by atoms with Gasteiger partial charge in [0.1, 0.15) is 0 Å². The van der Waals surface area contributed by atoms with Gasteiger partial charge < -0.3 is 24.6 Å². The molecule has 210 valence electrons. The lowest BCUT2D eigenvalue weighted by Crippen LogP contribution is -2.32. The molecule has 0 atom stereocenters. The molecule has 2 heterocycles. The predicted octanol–water partition coefficient (Wildman–Crippen LogP) is 7.43. The summed E-state index contributed by atoms with van der Waals surface area (Å²) in [6.07, 6.45) is -1.51. The van der Waals surface area contributed by atoms with Gasteiger partial charge in [0.2, 0.25) is 5.76 Å². The summed E-state index contributed by atoms with van der Waals surface area (Å²) in [4.78, 5) is 26.4. The summed E-state index contributed by atoms with van der Waals surface area (Å²) in [6.45, 7) is 7.39. The summed E-state index contributed by atoms with van der Waals surface area (Å²) in [5.74, 6) is -1.17. The monoisotopic (exact) mass is 574 g/mol. The molecule has 0 saturated carbocycles. The van der Waals surface area contributed by atoms with Crippen molar-refractivity contribution in [3.63, 3.8) is 0 Å². The number of carboxylic acid groups (broad SMARTS) is 1. The van der Waals surface area contributed by atoms with Gasteiger partial charge in [0, 0.05) is 22.8 Å². The minimum Gasteiger partial charge on any atom is -0.504 e. The van der Waals surface area contributed by atoms with Crippen molar-refractivity contribution in [1.82, 2.24) is 5.16 Å². The molecule has 0 fully saturated rings. The number of hydrogen-bond acceptors (Lipinski definition) is 7. The molecule has 0 saturated heterocycles. The van der Waals surface area contributed by atoms with Crippen LogP contribution in [0.4, 0.5) is 10.5 Å². The van der Waals surface area contributed by atoms with E-state index >= 15 is 0 Å². The number of para-hydroxylation sites is 1. The number of phenols is 1. The van der Waals surface area contributed by atoms with Crippen LogP contribution in [0.25, 0.3) is 33.6 Å². The van der Waals surface area contributed by atoms with Crippen LogP contribution in [-0.2, 0) is 10.2 Å². The zero-order chi connectivity index (χ0) is 29.8. The molecular weight excluding hydrogens is 548 g/mol.